The summed E-state index contributed by atoms with van der Waals surface area (Å²) in [5.41, 5.74) is 5.75. The summed E-state index contributed by atoms with van der Waals surface area (Å²) in [5, 5.41) is 8.24. The van der Waals surface area contributed by atoms with Crippen molar-refractivity contribution in [3.8, 4) is 22.8 Å². The average molecular weight is 665 g/mol. The van der Waals surface area contributed by atoms with Gasteiger partial charge in [0.1, 0.15) is 12.1 Å². The first-order valence-electron chi connectivity index (χ1n) is 15.5. The number of ether oxygens (including phenoxy) is 1. The molecule has 1 aromatic heterocycles. The molecule has 0 spiro atoms. The predicted molar refractivity (Wildman–Crippen MR) is 181 cm³/mol. The zero-order valence-corrected chi connectivity index (χ0v) is 28.0. The van der Waals surface area contributed by atoms with Crippen LogP contribution in [0.25, 0.3) is 17.1 Å². The minimum atomic E-state index is -4.75. The molecule has 1 aliphatic rings. The van der Waals surface area contributed by atoms with Crippen molar-refractivity contribution >= 4 is 28.6 Å². The van der Waals surface area contributed by atoms with Crippen molar-refractivity contribution in [1.82, 2.24) is 20.1 Å². The van der Waals surface area contributed by atoms with Gasteiger partial charge in [0.15, 0.2) is 11.0 Å². The molecule has 0 radical (unpaired) electrons. The molecular formula is C35H39F3N6O2S. The number of aromatic nitrogens is 3. The number of thioether (sulfide) groups is 1. The van der Waals surface area contributed by atoms with Crippen molar-refractivity contribution in [3.63, 3.8) is 0 Å². The largest absolute Gasteiger partial charge is 0.573 e. The van der Waals surface area contributed by atoms with E-state index in [4.69, 9.17) is 0 Å². The first-order chi connectivity index (χ1) is 22.3. The molecule has 0 bridgehead atoms. The maximum Gasteiger partial charge on any atom is 0.573 e. The Morgan fingerprint density at radius 3 is 2.47 bits per heavy atom. The van der Waals surface area contributed by atoms with Crippen molar-refractivity contribution < 1.29 is 22.7 Å². The van der Waals surface area contributed by atoms with Gasteiger partial charge in [0, 0.05) is 30.1 Å². The van der Waals surface area contributed by atoms with Crippen LogP contribution >= 0.6 is 11.8 Å². The first kappa shape index (κ1) is 34.0. The monoisotopic (exact) mass is 664 g/mol. The fraction of sp³-hybridized carbons (Fsp3) is 0.371. The van der Waals surface area contributed by atoms with Gasteiger partial charge >= 0.3 is 12.4 Å². The summed E-state index contributed by atoms with van der Waals surface area (Å²) in [6, 6.07) is 19.4. The van der Waals surface area contributed by atoms with Crippen molar-refractivity contribution in [2.75, 3.05) is 23.7 Å². The highest BCUT2D eigenvalue weighted by Gasteiger charge is 2.31. The Bertz CT molecular complexity index is 1720. The molecule has 1 aliphatic heterocycles. The zero-order valence-electron chi connectivity index (χ0n) is 27.1. The number of urea groups is 1. The van der Waals surface area contributed by atoms with E-state index in [1.807, 2.05) is 24.3 Å². The molecule has 5 rings (SSSR count). The number of nitrogens with zero attached hydrogens (tertiary/aromatic N) is 5. The molecule has 1 N–H and O–H groups in total. The molecule has 248 valence electrons. The Hall–Kier alpha value is -4.32. The highest BCUT2D eigenvalue weighted by molar-refractivity contribution is 8.14. The number of rotatable bonds is 9. The number of alkyl halides is 3. The molecule has 2 amide bonds. The van der Waals surface area contributed by atoms with Crippen molar-refractivity contribution in [1.29, 1.82) is 0 Å². The quantitative estimate of drug-likeness (QED) is 0.193. The predicted octanol–water partition coefficient (Wildman–Crippen LogP) is 8.54. The Morgan fingerprint density at radius 1 is 1.06 bits per heavy atom. The lowest BCUT2D eigenvalue weighted by atomic mass is 9.85. The van der Waals surface area contributed by atoms with E-state index in [1.54, 1.807) is 11.8 Å². The van der Waals surface area contributed by atoms with Crippen LogP contribution in [0.2, 0.25) is 0 Å². The Labute approximate surface area is 277 Å². The van der Waals surface area contributed by atoms with Crippen LogP contribution in [0.3, 0.4) is 0 Å². The summed E-state index contributed by atoms with van der Waals surface area (Å²) in [6.45, 7) is 11.9. The maximum atomic E-state index is 13.0. The van der Waals surface area contributed by atoms with Gasteiger partial charge in [0.05, 0.1) is 5.69 Å². The van der Waals surface area contributed by atoms with Gasteiger partial charge in [-0.05, 0) is 78.1 Å². The minimum absolute atomic E-state index is 0.236. The van der Waals surface area contributed by atoms with Crippen LogP contribution in [-0.2, 0) is 6.42 Å². The SMILES string of the molecule is Cc1ccc(C(C)C)c(N2CCCS/C2=N\C(=O)NCC(C)(C)Cc2ccc(-c3ncn(-c4ccc(OC(F)(F)F)cc4)n3)cc2)c1. The average Bonchev–Trinajstić information content (AvgIpc) is 3.50. The number of aryl methyl sites for hydroxylation is 1. The van der Waals surface area contributed by atoms with E-state index in [2.05, 4.69) is 82.8 Å². The molecule has 1 saturated heterocycles. The van der Waals surface area contributed by atoms with E-state index in [0.717, 1.165) is 47.1 Å². The Balaban J connectivity index is 1.19. The summed E-state index contributed by atoms with van der Waals surface area (Å²) < 4.78 is 42.8. The summed E-state index contributed by atoms with van der Waals surface area (Å²) >= 11 is 1.62. The topological polar surface area (TPSA) is 84.6 Å². The molecule has 8 nitrogen and oxygen atoms in total. The number of aliphatic imine (C=N–C) groups is 1. The van der Waals surface area contributed by atoms with Crippen LogP contribution in [0, 0.1) is 12.3 Å². The van der Waals surface area contributed by atoms with Crippen LogP contribution < -0.4 is 15.0 Å². The molecule has 0 atom stereocenters. The number of nitrogens with one attached hydrogen (secondary N) is 1. The van der Waals surface area contributed by atoms with Crippen LogP contribution in [0.5, 0.6) is 5.75 Å². The van der Waals surface area contributed by atoms with Crippen LogP contribution in [0.4, 0.5) is 23.7 Å². The number of benzene rings is 3. The summed E-state index contributed by atoms with van der Waals surface area (Å²) in [6.07, 6.45) is -1.49. The molecule has 4 aromatic rings. The highest BCUT2D eigenvalue weighted by Crippen LogP contribution is 2.33. The van der Waals surface area contributed by atoms with E-state index in [-0.39, 0.29) is 17.2 Å². The van der Waals surface area contributed by atoms with Gasteiger partial charge in [-0.2, -0.15) is 4.99 Å². The standard InChI is InChI=1S/C35H39F3N6O2S/c1-23(2)29-16-7-24(3)19-30(29)43-17-6-18-47-33(43)41-32(45)39-21-34(4,5)20-25-8-10-26(11-9-25)31-40-22-44(42-31)27-12-14-28(15-13-27)46-35(36,37)38/h7-16,19,22-23H,6,17-18,20-21H2,1-5H3,(H,39,45)/b41-33-. The molecule has 12 heteroatoms. The van der Waals surface area contributed by atoms with Crippen molar-refractivity contribution in [3.05, 3.63) is 89.7 Å². The van der Waals surface area contributed by atoms with E-state index < -0.39 is 6.36 Å². The van der Waals surface area contributed by atoms with E-state index in [1.165, 1.54) is 46.4 Å². The number of anilines is 1. The third kappa shape index (κ3) is 9.15. The van der Waals surface area contributed by atoms with Gasteiger partial charge in [-0.25, -0.2) is 14.5 Å². The van der Waals surface area contributed by atoms with Gasteiger partial charge < -0.3 is 15.0 Å². The third-order valence-electron chi connectivity index (χ3n) is 7.72. The molecular weight excluding hydrogens is 625 g/mol. The molecule has 0 saturated carbocycles. The van der Waals surface area contributed by atoms with Gasteiger partial charge in [-0.15, -0.1) is 18.3 Å². The number of hydrogen-bond donors (Lipinski definition) is 1. The maximum absolute atomic E-state index is 13.0. The fourth-order valence-electron chi connectivity index (χ4n) is 5.40. The van der Waals surface area contributed by atoms with E-state index in [9.17, 15) is 18.0 Å². The van der Waals surface area contributed by atoms with Crippen LogP contribution in [-0.4, -0.2) is 51.2 Å². The highest BCUT2D eigenvalue weighted by atomic mass is 32.2. The lowest BCUT2D eigenvalue weighted by molar-refractivity contribution is -0.274. The zero-order chi connectivity index (χ0) is 33.8. The van der Waals surface area contributed by atoms with Crippen molar-refractivity contribution in [2.45, 2.75) is 59.7 Å². The molecule has 47 heavy (non-hydrogen) atoms. The summed E-state index contributed by atoms with van der Waals surface area (Å²) in [7, 11) is 0. The number of amidine groups is 1. The Kier molecular flexibility index (Phi) is 10.3. The number of carbonyl (C=O) groups is 1. The lowest BCUT2D eigenvalue weighted by Crippen LogP contribution is -2.38. The second-order valence-electron chi connectivity index (χ2n) is 12.7. The second kappa shape index (κ2) is 14.2. The van der Waals surface area contributed by atoms with Gasteiger partial charge in [0.25, 0.3) is 0 Å². The Morgan fingerprint density at radius 2 is 1.79 bits per heavy atom. The summed E-state index contributed by atoms with van der Waals surface area (Å²) in [5.74, 6) is 1.46. The second-order valence-corrected chi connectivity index (χ2v) is 13.8. The van der Waals surface area contributed by atoms with E-state index in [0.29, 0.717) is 24.0 Å². The number of amides is 2. The number of carbonyl (C=O) groups excluding carboxylic acids is 1. The molecule has 1 fully saturated rings. The van der Waals surface area contributed by atoms with Gasteiger partial charge in [-0.1, -0.05) is 75.9 Å². The lowest BCUT2D eigenvalue weighted by Gasteiger charge is -2.32. The smallest absolute Gasteiger partial charge is 0.406 e. The van der Waals surface area contributed by atoms with Crippen LogP contribution in [0.15, 0.2) is 78.0 Å². The van der Waals surface area contributed by atoms with Gasteiger partial charge in [-0.3, -0.25) is 0 Å². The van der Waals surface area contributed by atoms with Crippen molar-refractivity contribution in [2.24, 2.45) is 10.4 Å². The van der Waals surface area contributed by atoms with E-state index >= 15 is 0 Å². The molecule has 3 aromatic carbocycles. The fourth-order valence-corrected chi connectivity index (χ4v) is 6.35. The first-order valence-corrected chi connectivity index (χ1v) is 16.5. The van der Waals surface area contributed by atoms with Gasteiger partial charge in [0.2, 0.25) is 0 Å². The molecule has 0 unspecified atom stereocenters. The normalized spacial score (nSPS) is 14.9. The van der Waals surface area contributed by atoms with Crippen LogP contribution in [0.1, 0.15) is 56.7 Å². The molecule has 2 heterocycles. The number of hydrogen-bond acceptors (Lipinski definition) is 5. The molecule has 0 aliphatic carbocycles. The minimum Gasteiger partial charge on any atom is -0.406 e. The number of halogens is 3. The third-order valence-corrected chi connectivity index (χ3v) is 8.79. The summed E-state index contributed by atoms with van der Waals surface area (Å²) in [4.78, 5) is 24.1.